The van der Waals surface area contributed by atoms with Gasteiger partial charge < -0.3 is 9.80 Å². The number of anilines is 2. The molecule has 3 aromatic carbocycles. The van der Waals surface area contributed by atoms with Crippen molar-refractivity contribution in [2.24, 2.45) is 5.92 Å². The van der Waals surface area contributed by atoms with Crippen LogP contribution in [0.1, 0.15) is 35.2 Å². The molecule has 0 bridgehead atoms. The molecule has 1 saturated heterocycles. The first-order valence-electron chi connectivity index (χ1n) is 12.1. The zero-order valence-electron chi connectivity index (χ0n) is 19.6. The third-order valence-corrected chi connectivity index (χ3v) is 7.94. The number of para-hydroxylation sites is 1. The quantitative estimate of drug-likeness (QED) is 0.252. The van der Waals surface area contributed by atoms with Crippen LogP contribution in [0.2, 0.25) is 0 Å². The normalized spacial score (nSPS) is 18.0. The fourth-order valence-electron chi connectivity index (χ4n) is 5.02. The van der Waals surface area contributed by atoms with Crippen molar-refractivity contribution < 1.29 is 22.4 Å². The highest BCUT2D eigenvalue weighted by molar-refractivity contribution is 7.99. The number of halogens is 4. The summed E-state index contributed by atoms with van der Waals surface area (Å²) in [5.41, 5.74) is 1.38. The predicted molar refractivity (Wildman–Crippen MR) is 134 cm³/mol. The molecule has 188 valence electrons. The molecule has 0 N–H and O–H groups in total. The van der Waals surface area contributed by atoms with Crippen molar-refractivity contribution in [3.05, 3.63) is 83.7 Å². The molecule has 1 unspecified atom stereocenters. The van der Waals surface area contributed by atoms with Gasteiger partial charge in [-0.3, -0.25) is 4.79 Å². The maximum Gasteiger partial charge on any atom is 0.416 e. The Kier molecular flexibility index (Phi) is 7.08. The lowest BCUT2D eigenvalue weighted by molar-refractivity contribution is -0.137. The van der Waals surface area contributed by atoms with Crippen LogP contribution >= 0.6 is 11.8 Å². The van der Waals surface area contributed by atoms with Crippen molar-refractivity contribution in [3.63, 3.8) is 0 Å². The monoisotopic (exact) mass is 514 g/mol. The van der Waals surface area contributed by atoms with Gasteiger partial charge in [-0.1, -0.05) is 23.9 Å². The lowest BCUT2D eigenvalue weighted by Gasteiger charge is -2.35. The first kappa shape index (κ1) is 24.8. The molecule has 2 heterocycles. The van der Waals surface area contributed by atoms with Crippen molar-refractivity contribution in [2.75, 3.05) is 31.1 Å². The van der Waals surface area contributed by atoms with Crippen molar-refractivity contribution in [2.45, 2.75) is 35.2 Å². The van der Waals surface area contributed by atoms with Crippen molar-refractivity contribution in [1.29, 1.82) is 0 Å². The zero-order chi connectivity index (χ0) is 25.3. The molecule has 1 fully saturated rings. The Labute approximate surface area is 212 Å². The molecular formula is C28H26F4N2OS. The van der Waals surface area contributed by atoms with E-state index in [1.165, 1.54) is 42.1 Å². The summed E-state index contributed by atoms with van der Waals surface area (Å²) in [4.78, 5) is 19.0. The van der Waals surface area contributed by atoms with Crippen LogP contribution in [0.25, 0.3) is 0 Å². The molecule has 5 rings (SSSR count). The molecule has 8 heteroatoms. The number of nitrogens with zero attached hydrogens (tertiary/aromatic N) is 2. The van der Waals surface area contributed by atoms with Crippen molar-refractivity contribution in [1.82, 2.24) is 4.90 Å². The lowest BCUT2D eigenvalue weighted by Crippen LogP contribution is -2.40. The van der Waals surface area contributed by atoms with Crippen LogP contribution < -0.4 is 4.90 Å². The van der Waals surface area contributed by atoms with E-state index in [4.69, 9.17) is 0 Å². The number of fused-ring (bicyclic) bond motifs is 2. The molecule has 1 atom stereocenters. The third-order valence-electron chi connectivity index (χ3n) is 6.81. The second-order valence-corrected chi connectivity index (χ2v) is 10.3. The van der Waals surface area contributed by atoms with Gasteiger partial charge in [-0.25, -0.2) is 4.39 Å². The maximum absolute atomic E-state index is 13.4. The van der Waals surface area contributed by atoms with Gasteiger partial charge in [0.1, 0.15) is 5.82 Å². The highest BCUT2D eigenvalue weighted by Gasteiger charge is 2.33. The second kappa shape index (κ2) is 10.3. The molecule has 0 saturated carbocycles. The molecule has 0 amide bonds. The summed E-state index contributed by atoms with van der Waals surface area (Å²) in [5, 5.41) is 0. The number of hydrogen-bond acceptors (Lipinski definition) is 4. The van der Waals surface area contributed by atoms with E-state index in [1.807, 2.05) is 29.2 Å². The molecule has 3 aromatic rings. The highest BCUT2D eigenvalue weighted by Crippen LogP contribution is 2.49. The third kappa shape index (κ3) is 5.30. The molecule has 0 aromatic heterocycles. The summed E-state index contributed by atoms with van der Waals surface area (Å²) < 4.78 is 53.6. The highest BCUT2D eigenvalue weighted by atomic mass is 32.2. The van der Waals surface area contributed by atoms with Gasteiger partial charge in [-0.15, -0.1) is 0 Å². The molecule has 0 spiro atoms. The second-order valence-electron chi connectivity index (χ2n) is 9.27. The van der Waals surface area contributed by atoms with Gasteiger partial charge in [0.2, 0.25) is 0 Å². The summed E-state index contributed by atoms with van der Waals surface area (Å²) in [7, 11) is 0. The largest absolute Gasteiger partial charge is 0.416 e. The number of carbonyl (C=O) groups is 1. The molecule has 3 nitrogen and oxygen atoms in total. The van der Waals surface area contributed by atoms with Crippen LogP contribution in [0.3, 0.4) is 0 Å². The number of rotatable bonds is 6. The van der Waals surface area contributed by atoms with Gasteiger partial charge in [0, 0.05) is 34.4 Å². The van der Waals surface area contributed by atoms with E-state index < -0.39 is 11.7 Å². The topological polar surface area (TPSA) is 23.6 Å². The van der Waals surface area contributed by atoms with Crippen molar-refractivity contribution in [3.8, 4) is 0 Å². The van der Waals surface area contributed by atoms with E-state index >= 15 is 0 Å². The number of hydrogen-bond donors (Lipinski definition) is 0. The molecular weight excluding hydrogens is 488 g/mol. The minimum absolute atomic E-state index is 0.0373. The Hall–Kier alpha value is -2.84. The average Bonchev–Trinajstić information content (AvgIpc) is 2.87. The smallest absolute Gasteiger partial charge is 0.340 e. The van der Waals surface area contributed by atoms with E-state index in [1.54, 1.807) is 6.07 Å². The van der Waals surface area contributed by atoms with Gasteiger partial charge >= 0.3 is 6.18 Å². The standard InChI is InChI=1S/C28H26F4N2OS/c29-22-11-8-19(9-12-22)27(35)20-5-3-14-33(18-20)15-4-16-34-23-6-1-2-7-25(23)36-26-13-10-21(17-24(26)34)28(30,31)32/h1-2,6-13,17,20H,3-5,14-16,18H2. The Morgan fingerprint density at radius 3 is 2.47 bits per heavy atom. The number of likely N-dealkylation sites (tertiary alicyclic amines) is 1. The van der Waals surface area contributed by atoms with Crippen LogP contribution in [-0.2, 0) is 6.18 Å². The number of ketones is 1. The van der Waals surface area contributed by atoms with E-state index in [0.29, 0.717) is 24.3 Å². The number of carbonyl (C=O) groups excluding carboxylic acids is 1. The summed E-state index contributed by atoms with van der Waals surface area (Å²) >= 11 is 1.49. The Morgan fingerprint density at radius 1 is 0.944 bits per heavy atom. The Bertz CT molecular complexity index is 1250. The number of piperidine rings is 1. The zero-order valence-corrected chi connectivity index (χ0v) is 20.4. The number of Topliss-reactive ketones (excluding diaryl/α,β-unsaturated/α-hetero) is 1. The fourth-order valence-corrected chi connectivity index (χ4v) is 6.10. The maximum atomic E-state index is 13.4. The first-order chi connectivity index (χ1) is 17.3. The van der Waals surface area contributed by atoms with Crippen LogP contribution in [-0.4, -0.2) is 36.9 Å². The number of alkyl halides is 3. The van der Waals surface area contributed by atoms with Gasteiger partial charge in [0.05, 0.1) is 16.9 Å². The Morgan fingerprint density at radius 2 is 1.69 bits per heavy atom. The number of benzene rings is 3. The van der Waals surface area contributed by atoms with Crippen LogP contribution in [0.4, 0.5) is 28.9 Å². The molecule has 0 aliphatic carbocycles. The SMILES string of the molecule is O=C(c1ccc(F)cc1)C1CCCN(CCCN2c3ccccc3Sc3ccc(C(F)(F)F)cc32)C1. The molecule has 2 aliphatic rings. The summed E-state index contributed by atoms with van der Waals surface area (Å²) in [6.45, 7) is 2.83. The molecule has 36 heavy (non-hydrogen) atoms. The van der Waals surface area contributed by atoms with E-state index in [2.05, 4.69) is 4.90 Å². The van der Waals surface area contributed by atoms with E-state index in [9.17, 15) is 22.4 Å². The fraction of sp³-hybridized carbons (Fsp3) is 0.321. The minimum atomic E-state index is -4.40. The van der Waals surface area contributed by atoms with Gasteiger partial charge in [-0.05, 0) is 86.9 Å². The summed E-state index contributed by atoms with van der Waals surface area (Å²) in [6, 6.07) is 17.4. The van der Waals surface area contributed by atoms with E-state index in [-0.39, 0.29) is 17.5 Å². The summed E-state index contributed by atoms with van der Waals surface area (Å²) in [6.07, 6.45) is -1.95. The van der Waals surface area contributed by atoms with Crippen molar-refractivity contribution >= 4 is 28.9 Å². The van der Waals surface area contributed by atoms with Gasteiger partial charge in [0.25, 0.3) is 0 Å². The van der Waals surface area contributed by atoms with Gasteiger partial charge in [-0.2, -0.15) is 13.2 Å². The first-order valence-corrected chi connectivity index (χ1v) is 12.9. The average molecular weight is 515 g/mol. The minimum Gasteiger partial charge on any atom is -0.340 e. The Balaban J connectivity index is 1.28. The van der Waals surface area contributed by atoms with Gasteiger partial charge in [0.15, 0.2) is 5.78 Å². The summed E-state index contributed by atoms with van der Waals surface area (Å²) in [5.74, 6) is -0.458. The van der Waals surface area contributed by atoms with Crippen LogP contribution in [0, 0.1) is 11.7 Å². The molecule has 2 aliphatic heterocycles. The molecule has 0 radical (unpaired) electrons. The lowest BCUT2D eigenvalue weighted by atomic mass is 9.90. The van der Waals surface area contributed by atoms with Crippen LogP contribution in [0.15, 0.2) is 76.5 Å². The predicted octanol–water partition coefficient (Wildman–Crippen LogP) is 7.43. The van der Waals surface area contributed by atoms with E-state index in [0.717, 1.165) is 53.9 Å². The van der Waals surface area contributed by atoms with Crippen LogP contribution in [0.5, 0.6) is 0 Å².